The van der Waals surface area contributed by atoms with E-state index in [-0.39, 0.29) is 30.3 Å². The zero-order valence-electron chi connectivity index (χ0n) is 14.2. The van der Waals surface area contributed by atoms with Gasteiger partial charge in [0.2, 0.25) is 17.7 Å². The Labute approximate surface area is 146 Å². The largest absolute Gasteiger partial charge is 0.352 e. The van der Waals surface area contributed by atoms with Crippen molar-refractivity contribution in [3.05, 3.63) is 24.3 Å². The lowest BCUT2D eigenvalue weighted by molar-refractivity contribution is -0.128. The Morgan fingerprint density at radius 3 is 2.67 bits per heavy atom. The van der Waals surface area contributed by atoms with E-state index in [0.29, 0.717) is 5.75 Å². The van der Waals surface area contributed by atoms with E-state index in [0.717, 1.165) is 17.0 Å². The van der Waals surface area contributed by atoms with Gasteiger partial charge in [-0.1, -0.05) is 19.1 Å². The third-order valence-corrected chi connectivity index (χ3v) is 4.93. The van der Waals surface area contributed by atoms with Gasteiger partial charge in [-0.15, -0.1) is 11.8 Å². The molecule has 1 heterocycles. The van der Waals surface area contributed by atoms with E-state index < -0.39 is 6.04 Å². The maximum Gasteiger partial charge on any atom is 0.242 e. The number of amides is 3. The minimum Gasteiger partial charge on any atom is -0.352 e. The number of hydrogen-bond donors (Lipinski definition) is 2. The molecule has 24 heavy (non-hydrogen) atoms. The zero-order chi connectivity index (χ0) is 17.7. The van der Waals surface area contributed by atoms with Crippen LogP contribution in [0.5, 0.6) is 0 Å². The molecule has 6 nitrogen and oxygen atoms in total. The average molecular weight is 349 g/mol. The summed E-state index contributed by atoms with van der Waals surface area (Å²) in [5, 5.41) is 5.48. The van der Waals surface area contributed by atoms with E-state index in [1.165, 1.54) is 16.7 Å². The molecule has 130 valence electrons. The monoisotopic (exact) mass is 349 g/mol. The van der Waals surface area contributed by atoms with Crippen molar-refractivity contribution in [2.24, 2.45) is 0 Å². The zero-order valence-corrected chi connectivity index (χ0v) is 15.0. The van der Waals surface area contributed by atoms with E-state index in [2.05, 4.69) is 10.6 Å². The number of carbonyl (C=O) groups is 3. The number of nitrogens with zero attached hydrogens (tertiary/aromatic N) is 1. The molecule has 7 heteroatoms. The lowest BCUT2D eigenvalue weighted by Gasteiger charge is -2.28. The van der Waals surface area contributed by atoms with Gasteiger partial charge in [-0.2, -0.15) is 0 Å². The first-order valence-corrected chi connectivity index (χ1v) is 9.02. The van der Waals surface area contributed by atoms with Crippen molar-refractivity contribution >= 4 is 35.2 Å². The fraction of sp³-hybridized carbons (Fsp3) is 0.471. The van der Waals surface area contributed by atoms with Gasteiger partial charge in [0.1, 0.15) is 12.6 Å². The minimum atomic E-state index is -0.643. The third-order valence-electron chi connectivity index (χ3n) is 3.88. The summed E-state index contributed by atoms with van der Waals surface area (Å²) < 4.78 is 0. The number of benzene rings is 1. The van der Waals surface area contributed by atoms with Crippen LogP contribution in [0.3, 0.4) is 0 Å². The molecular weight excluding hydrogens is 326 g/mol. The molecule has 2 atom stereocenters. The SMILES string of the molecule is CC[C@@H](C)NC(=O)[C@H](C)NC(=O)CN1C(=O)CSc2ccccc21. The average Bonchev–Trinajstić information content (AvgIpc) is 2.57. The van der Waals surface area contributed by atoms with Crippen molar-refractivity contribution in [2.75, 3.05) is 17.2 Å². The summed E-state index contributed by atoms with van der Waals surface area (Å²) in [5.74, 6) is -0.366. The molecule has 3 amide bonds. The Kier molecular flexibility index (Phi) is 6.25. The standard InChI is InChI=1S/C17H23N3O3S/c1-4-11(2)18-17(23)12(3)19-15(21)9-20-13-7-5-6-8-14(13)24-10-16(20)22/h5-8,11-12H,4,9-10H2,1-3H3,(H,18,23)(H,19,21)/t11-,12+/m1/s1. The van der Waals surface area contributed by atoms with Crippen LogP contribution in [0.15, 0.2) is 29.2 Å². The normalized spacial score (nSPS) is 16.1. The van der Waals surface area contributed by atoms with Crippen LogP contribution in [0.1, 0.15) is 27.2 Å². The molecular formula is C17H23N3O3S. The minimum absolute atomic E-state index is 0.0597. The summed E-state index contributed by atoms with van der Waals surface area (Å²) >= 11 is 1.47. The number of para-hydroxylation sites is 1. The van der Waals surface area contributed by atoms with Crippen LogP contribution in [0, 0.1) is 0 Å². The number of thioether (sulfide) groups is 1. The second-order valence-electron chi connectivity index (χ2n) is 5.84. The van der Waals surface area contributed by atoms with Gasteiger partial charge in [0.25, 0.3) is 0 Å². The first-order chi connectivity index (χ1) is 11.4. The first kappa shape index (κ1) is 18.3. The van der Waals surface area contributed by atoms with Crippen molar-refractivity contribution in [3.63, 3.8) is 0 Å². The van der Waals surface area contributed by atoms with Crippen molar-refractivity contribution in [1.29, 1.82) is 0 Å². The highest BCUT2D eigenvalue weighted by Gasteiger charge is 2.27. The Bertz CT molecular complexity index is 635. The topological polar surface area (TPSA) is 78.5 Å². The number of anilines is 1. The molecule has 1 aromatic carbocycles. The molecule has 0 spiro atoms. The quantitative estimate of drug-likeness (QED) is 0.817. The number of carbonyl (C=O) groups excluding carboxylic acids is 3. The second-order valence-corrected chi connectivity index (χ2v) is 6.86. The number of rotatable bonds is 6. The van der Waals surface area contributed by atoms with Gasteiger partial charge in [0.15, 0.2) is 0 Å². The summed E-state index contributed by atoms with van der Waals surface area (Å²) in [6, 6.07) is 6.91. The summed E-state index contributed by atoms with van der Waals surface area (Å²) in [6.45, 7) is 5.44. The van der Waals surface area contributed by atoms with E-state index >= 15 is 0 Å². The lowest BCUT2D eigenvalue weighted by Crippen LogP contribution is -2.51. The second kappa shape index (κ2) is 8.19. The third kappa shape index (κ3) is 4.50. The molecule has 0 aliphatic carbocycles. The van der Waals surface area contributed by atoms with Crippen molar-refractivity contribution in [1.82, 2.24) is 10.6 Å². The molecule has 2 N–H and O–H groups in total. The Morgan fingerprint density at radius 1 is 1.25 bits per heavy atom. The van der Waals surface area contributed by atoms with Gasteiger partial charge < -0.3 is 15.5 Å². The van der Waals surface area contributed by atoms with Crippen LogP contribution in [-0.2, 0) is 14.4 Å². The van der Waals surface area contributed by atoms with E-state index in [1.54, 1.807) is 6.92 Å². The fourth-order valence-corrected chi connectivity index (χ4v) is 3.23. The van der Waals surface area contributed by atoms with Crippen LogP contribution < -0.4 is 15.5 Å². The van der Waals surface area contributed by atoms with Gasteiger partial charge in [-0.3, -0.25) is 14.4 Å². The Balaban J connectivity index is 1.97. The molecule has 1 aromatic rings. The first-order valence-electron chi connectivity index (χ1n) is 8.04. The summed E-state index contributed by atoms with van der Waals surface area (Å²) in [4.78, 5) is 38.8. The molecule has 0 fully saturated rings. The Hall–Kier alpha value is -2.02. The number of nitrogens with one attached hydrogen (secondary N) is 2. The van der Waals surface area contributed by atoms with Crippen LogP contribution in [-0.4, -0.2) is 42.1 Å². The smallest absolute Gasteiger partial charge is 0.242 e. The van der Waals surface area contributed by atoms with E-state index in [4.69, 9.17) is 0 Å². The molecule has 0 radical (unpaired) electrons. The molecule has 1 aliphatic rings. The molecule has 0 saturated carbocycles. The number of fused-ring (bicyclic) bond motifs is 1. The summed E-state index contributed by atoms with van der Waals surface area (Å²) in [7, 11) is 0. The predicted octanol–water partition coefficient (Wildman–Crippen LogP) is 1.54. The highest BCUT2D eigenvalue weighted by atomic mass is 32.2. The molecule has 0 bridgehead atoms. The lowest BCUT2D eigenvalue weighted by atomic mass is 10.2. The summed E-state index contributed by atoms with van der Waals surface area (Å²) in [6.07, 6.45) is 0.823. The van der Waals surface area contributed by atoms with Crippen LogP contribution in [0.25, 0.3) is 0 Å². The highest BCUT2D eigenvalue weighted by Crippen LogP contribution is 2.34. The molecule has 0 unspecified atom stereocenters. The molecule has 0 saturated heterocycles. The van der Waals surface area contributed by atoms with E-state index in [1.807, 2.05) is 38.1 Å². The molecule has 2 rings (SSSR count). The number of hydrogen-bond acceptors (Lipinski definition) is 4. The van der Waals surface area contributed by atoms with Crippen LogP contribution in [0.2, 0.25) is 0 Å². The van der Waals surface area contributed by atoms with E-state index in [9.17, 15) is 14.4 Å². The molecule has 0 aromatic heterocycles. The van der Waals surface area contributed by atoms with Crippen molar-refractivity contribution in [3.8, 4) is 0 Å². The van der Waals surface area contributed by atoms with Gasteiger partial charge in [-0.25, -0.2) is 0 Å². The summed E-state index contributed by atoms with van der Waals surface area (Å²) in [5.41, 5.74) is 0.741. The maximum absolute atomic E-state index is 12.2. The van der Waals surface area contributed by atoms with Crippen LogP contribution in [0.4, 0.5) is 5.69 Å². The van der Waals surface area contributed by atoms with Crippen LogP contribution >= 0.6 is 11.8 Å². The van der Waals surface area contributed by atoms with Crippen molar-refractivity contribution in [2.45, 2.75) is 44.2 Å². The highest BCUT2D eigenvalue weighted by molar-refractivity contribution is 8.00. The van der Waals surface area contributed by atoms with Gasteiger partial charge in [-0.05, 0) is 32.4 Å². The molecule has 1 aliphatic heterocycles. The van der Waals surface area contributed by atoms with Gasteiger partial charge in [0, 0.05) is 10.9 Å². The van der Waals surface area contributed by atoms with Gasteiger partial charge in [0.05, 0.1) is 11.4 Å². The maximum atomic E-state index is 12.2. The predicted molar refractivity (Wildman–Crippen MR) is 95.0 cm³/mol. The fourth-order valence-electron chi connectivity index (χ4n) is 2.29. The Morgan fingerprint density at radius 2 is 1.96 bits per heavy atom. The van der Waals surface area contributed by atoms with Crippen molar-refractivity contribution < 1.29 is 14.4 Å². The van der Waals surface area contributed by atoms with Gasteiger partial charge >= 0.3 is 0 Å².